The minimum absolute atomic E-state index is 0.0148. The van der Waals surface area contributed by atoms with Gasteiger partial charge < -0.3 is 9.47 Å². The summed E-state index contributed by atoms with van der Waals surface area (Å²) in [6.45, 7) is 5.12. The van der Waals surface area contributed by atoms with Crippen molar-refractivity contribution in [3.05, 3.63) is 78.6 Å². The summed E-state index contributed by atoms with van der Waals surface area (Å²) in [6.07, 6.45) is 2.44. The molecule has 0 atom stereocenters. The van der Waals surface area contributed by atoms with Gasteiger partial charge in [-0.3, -0.25) is 0 Å². The van der Waals surface area contributed by atoms with E-state index in [4.69, 9.17) is 9.47 Å². The van der Waals surface area contributed by atoms with Crippen LogP contribution >= 0.6 is 0 Å². The lowest BCUT2D eigenvalue weighted by atomic mass is 9.73. The second kappa shape index (κ2) is 5.51. The minimum atomic E-state index is 0.0148. The lowest BCUT2D eigenvalue weighted by Crippen LogP contribution is -2.48. The number of para-hydroxylation sites is 1. The summed E-state index contributed by atoms with van der Waals surface area (Å²) in [7, 11) is 0. The van der Waals surface area contributed by atoms with Gasteiger partial charge in [0.05, 0.1) is 19.5 Å². The number of ether oxygens (including phenoxy) is 2. The Morgan fingerprint density at radius 2 is 1.75 bits per heavy atom. The van der Waals surface area contributed by atoms with Gasteiger partial charge in [-0.2, -0.15) is 0 Å². The van der Waals surface area contributed by atoms with E-state index >= 15 is 0 Å². The van der Waals surface area contributed by atoms with Crippen LogP contribution < -0.4 is 4.74 Å². The molecule has 0 radical (unpaired) electrons. The number of benzene rings is 2. The smallest absolute Gasteiger partial charge is 0.130 e. The third-order valence-electron chi connectivity index (χ3n) is 3.81. The normalized spacial score (nSPS) is 16.2. The molecule has 0 aliphatic carbocycles. The van der Waals surface area contributed by atoms with Crippen LogP contribution in [0.4, 0.5) is 0 Å². The summed E-state index contributed by atoms with van der Waals surface area (Å²) >= 11 is 0. The molecule has 2 nitrogen and oxygen atoms in total. The fourth-order valence-electron chi connectivity index (χ4n) is 2.79. The first-order valence-electron chi connectivity index (χ1n) is 6.83. The van der Waals surface area contributed by atoms with Crippen molar-refractivity contribution in [1.82, 2.24) is 0 Å². The van der Waals surface area contributed by atoms with E-state index in [-0.39, 0.29) is 5.41 Å². The topological polar surface area (TPSA) is 18.5 Å². The van der Waals surface area contributed by atoms with Crippen molar-refractivity contribution >= 4 is 0 Å². The highest BCUT2D eigenvalue weighted by atomic mass is 16.5. The highest BCUT2D eigenvalue weighted by Crippen LogP contribution is 2.40. The van der Waals surface area contributed by atoms with Gasteiger partial charge in [-0.25, -0.2) is 0 Å². The molecule has 0 N–H and O–H groups in total. The summed E-state index contributed by atoms with van der Waals surface area (Å²) in [5.74, 6) is 0.877. The summed E-state index contributed by atoms with van der Waals surface area (Å²) in [6, 6.07) is 18.7. The van der Waals surface area contributed by atoms with E-state index in [0.29, 0.717) is 0 Å². The molecule has 2 aromatic carbocycles. The van der Waals surface area contributed by atoms with Gasteiger partial charge in [0, 0.05) is 11.0 Å². The quantitative estimate of drug-likeness (QED) is 0.768. The van der Waals surface area contributed by atoms with Gasteiger partial charge in [0.25, 0.3) is 0 Å². The van der Waals surface area contributed by atoms with Crippen molar-refractivity contribution < 1.29 is 9.47 Å². The average Bonchev–Trinajstić information content (AvgIpc) is 2.45. The van der Waals surface area contributed by atoms with E-state index in [1.165, 1.54) is 17.4 Å². The first-order chi connectivity index (χ1) is 9.84. The van der Waals surface area contributed by atoms with Crippen LogP contribution in [0.5, 0.6) is 5.75 Å². The molecule has 0 spiro atoms. The van der Waals surface area contributed by atoms with Gasteiger partial charge in [-0.1, -0.05) is 55.1 Å². The Morgan fingerprint density at radius 1 is 1.05 bits per heavy atom. The Labute approximate surface area is 119 Å². The molecule has 0 unspecified atom stereocenters. The first-order valence-corrected chi connectivity index (χ1v) is 6.83. The second-order valence-corrected chi connectivity index (χ2v) is 5.22. The molecule has 102 valence electrons. The van der Waals surface area contributed by atoms with Gasteiger partial charge in [0.1, 0.15) is 5.75 Å². The van der Waals surface area contributed by atoms with Gasteiger partial charge in [0.2, 0.25) is 0 Å². The van der Waals surface area contributed by atoms with Crippen molar-refractivity contribution in [1.29, 1.82) is 0 Å². The molecule has 0 amide bonds. The molecular formula is C18H18O2. The predicted molar refractivity (Wildman–Crippen MR) is 79.9 cm³/mol. The third kappa shape index (κ3) is 2.35. The third-order valence-corrected chi connectivity index (χ3v) is 3.81. The maximum Gasteiger partial charge on any atom is 0.130 e. The molecule has 0 bridgehead atoms. The predicted octanol–water partition coefficient (Wildman–Crippen LogP) is 3.72. The fourth-order valence-corrected chi connectivity index (χ4v) is 2.79. The van der Waals surface area contributed by atoms with Gasteiger partial charge in [-0.15, -0.1) is 0 Å². The molecule has 0 aromatic heterocycles. The molecule has 2 aromatic rings. The average molecular weight is 266 g/mol. The minimum Gasteiger partial charge on any atom is -0.465 e. The van der Waals surface area contributed by atoms with Crippen molar-refractivity contribution in [3.63, 3.8) is 0 Å². The van der Waals surface area contributed by atoms with E-state index in [1.807, 2.05) is 18.2 Å². The van der Waals surface area contributed by atoms with E-state index in [2.05, 4.69) is 43.0 Å². The van der Waals surface area contributed by atoms with Crippen LogP contribution in [0.15, 0.2) is 67.4 Å². The van der Waals surface area contributed by atoms with Crippen LogP contribution in [0.25, 0.3) is 0 Å². The molecular weight excluding hydrogens is 248 g/mol. The first kappa shape index (κ1) is 12.9. The van der Waals surface area contributed by atoms with Crippen LogP contribution in [0.2, 0.25) is 0 Å². The van der Waals surface area contributed by atoms with Gasteiger partial charge in [-0.05, 0) is 18.1 Å². The Morgan fingerprint density at radius 3 is 2.40 bits per heavy atom. The molecule has 1 aliphatic heterocycles. The Kier molecular flexibility index (Phi) is 3.57. The lowest BCUT2D eigenvalue weighted by Gasteiger charge is -2.42. The maximum atomic E-state index is 5.56. The monoisotopic (exact) mass is 266 g/mol. The van der Waals surface area contributed by atoms with Crippen LogP contribution in [0, 0.1) is 0 Å². The molecule has 0 saturated carbocycles. The van der Waals surface area contributed by atoms with Crippen LogP contribution in [0.1, 0.15) is 11.1 Å². The molecule has 1 saturated heterocycles. The van der Waals surface area contributed by atoms with E-state index in [0.717, 1.165) is 25.4 Å². The zero-order valence-corrected chi connectivity index (χ0v) is 11.4. The van der Waals surface area contributed by atoms with Gasteiger partial charge in [0.15, 0.2) is 0 Å². The molecule has 1 heterocycles. The summed E-state index contributed by atoms with van der Waals surface area (Å²) < 4.78 is 11.1. The summed E-state index contributed by atoms with van der Waals surface area (Å²) in [5.41, 5.74) is 2.54. The Bertz CT molecular complexity index is 585. The van der Waals surface area contributed by atoms with Crippen molar-refractivity contribution in [2.75, 3.05) is 13.2 Å². The largest absolute Gasteiger partial charge is 0.465 e. The number of hydrogen-bond acceptors (Lipinski definition) is 2. The van der Waals surface area contributed by atoms with E-state index in [1.54, 1.807) is 0 Å². The lowest BCUT2D eigenvalue weighted by molar-refractivity contribution is -0.0607. The summed E-state index contributed by atoms with van der Waals surface area (Å²) in [5, 5.41) is 0. The van der Waals surface area contributed by atoms with E-state index in [9.17, 15) is 0 Å². The van der Waals surface area contributed by atoms with Crippen molar-refractivity contribution in [2.24, 2.45) is 0 Å². The highest BCUT2D eigenvalue weighted by Gasteiger charge is 2.42. The van der Waals surface area contributed by atoms with Crippen LogP contribution in [0.3, 0.4) is 0 Å². The number of hydrogen-bond donors (Lipinski definition) is 0. The standard InChI is InChI=1S/C18H18O2/c1-2-20-17-11-7-6-10-16(17)18(13-19-14-18)12-15-8-4-3-5-9-15/h2-11H,1,12-14H2. The zero-order chi connectivity index (χ0) is 13.8. The van der Waals surface area contributed by atoms with Crippen molar-refractivity contribution in [3.8, 4) is 5.75 Å². The summed E-state index contributed by atoms with van der Waals surface area (Å²) in [4.78, 5) is 0. The van der Waals surface area contributed by atoms with E-state index < -0.39 is 0 Å². The SMILES string of the molecule is C=COc1ccccc1C1(Cc2ccccc2)COC1. The van der Waals surface area contributed by atoms with Crippen molar-refractivity contribution in [2.45, 2.75) is 11.8 Å². The molecule has 1 aliphatic rings. The molecule has 1 fully saturated rings. The zero-order valence-electron chi connectivity index (χ0n) is 11.4. The molecule has 3 rings (SSSR count). The molecule has 2 heteroatoms. The van der Waals surface area contributed by atoms with Crippen LogP contribution in [-0.4, -0.2) is 13.2 Å². The van der Waals surface area contributed by atoms with Crippen LogP contribution in [-0.2, 0) is 16.6 Å². The second-order valence-electron chi connectivity index (χ2n) is 5.22. The maximum absolute atomic E-state index is 5.56. The van der Waals surface area contributed by atoms with Gasteiger partial charge >= 0.3 is 0 Å². The molecule has 20 heavy (non-hydrogen) atoms. The Hall–Kier alpha value is -2.06. The fraction of sp³-hybridized carbons (Fsp3) is 0.222. The Balaban J connectivity index is 1.95. The highest BCUT2D eigenvalue weighted by molar-refractivity contribution is 5.43. The number of rotatable bonds is 5.